The zero-order valence-electron chi connectivity index (χ0n) is 12.5. The average Bonchev–Trinajstić information content (AvgIpc) is 2.95. The van der Waals surface area contributed by atoms with Crippen molar-refractivity contribution in [1.29, 1.82) is 0 Å². The van der Waals surface area contributed by atoms with Crippen LogP contribution in [0.4, 0.5) is 15.6 Å². The van der Waals surface area contributed by atoms with Crippen LogP contribution in [0.1, 0.15) is 18.7 Å². The van der Waals surface area contributed by atoms with Gasteiger partial charge >= 0.3 is 6.03 Å². The first-order valence-electron chi connectivity index (χ1n) is 6.54. The molecule has 1 aromatic carbocycles. The minimum absolute atomic E-state index is 0.173. The quantitative estimate of drug-likeness (QED) is 0.786. The molecule has 0 spiro atoms. The summed E-state index contributed by atoms with van der Waals surface area (Å²) in [6, 6.07) is 4.54. The normalized spacial score (nSPS) is 11.6. The second kappa shape index (κ2) is 7.10. The van der Waals surface area contributed by atoms with Gasteiger partial charge in [0.05, 0.1) is 25.6 Å². The molecule has 0 fully saturated rings. The number of nitrogens with zero attached hydrogens (tertiary/aromatic N) is 1. The molecule has 0 aliphatic carbocycles. The number of methoxy groups -OCH3 is 2. The largest absolute Gasteiger partial charge is 0.497 e. The zero-order valence-corrected chi connectivity index (χ0v) is 13.4. The summed E-state index contributed by atoms with van der Waals surface area (Å²) in [5, 5.41) is 7.65. The Hall–Kier alpha value is -2.32. The number of carbonyl (C=O) groups excluding carboxylic acids is 1. The molecular weight excluding hydrogens is 304 g/mol. The molecule has 0 aliphatic rings. The molecular formula is C14H18N4O3S. The third-order valence-electron chi connectivity index (χ3n) is 2.86. The van der Waals surface area contributed by atoms with Crippen molar-refractivity contribution in [2.24, 2.45) is 5.73 Å². The minimum Gasteiger partial charge on any atom is -0.497 e. The molecule has 0 saturated carbocycles. The molecule has 0 aliphatic heterocycles. The SMILES string of the molecule is COc1ccc(OC)c(NC(=O)Nc2nc(C(C)N)cs2)c1. The van der Waals surface area contributed by atoms with E-state index in [0.717, 1.165) is 5.69 Å². The van der Waals surface area contributed by atoms with Crippen molar-refractivity contribution in [2.75, 3.05) is 24.9 Å². The maximum Gasteiger partial charge on any atom is 0.325 e. The van der Waals surface area contributed by atoms with E-state index in [1.165, 1.54) is 18.4 Å². The highest BCUT2D eigenvalue weighted by molar-refractivity contribution is 7.13. The molecule has 1 atom stereocenters. The summed E-state index contributed by atoms with van der Waals surface area (Å²) in [6.07, 6.45) is 0. The molecule has 118 valence electrons. The molecule has 2 rings (SSSR count). The van der Waals surface area contributed by atoms with Gasteiger partial charge in [0.2, 0.25) is 0 Å². The molecule has 1 unspecified atom stereocenters. The van der Waals surface area contributed by atoms with E-state index in [4.69, 9.17) is 15.2 Å². The summed E-state index contributed by atoms with van der Waals surface area (Å²) in [4.78, 5) is 16.3. The van der Waals surface area contributed by atoms with Crippen LogP contribution >= 0.6 is 11.3 Å². The Kier molecular flexibility index (Phi) is 5.18. The van der Waals surface area contributed by atoms with E-state index >= 15 is 0 Å². The molecule has 22 heavy (non-hydrogen) atoms. The Morgan fingerprint density at radius 2 is 2.09 bits per heavy atom. The van der Waals surface area contributed by atoms with Gasteiger partial charge in [-0.2, -0.15) is 0 Å². The topological polar surface area (TPSA) is 98.5 Å². The summed E-state index contributed by atoms with van der Waals surface area (Å²) in [5.74, 6) is 1.15. The lowest BCUT2D eigenvalue weighted by molar-refractivity contribution is 0.262. The van der Waals surface area contributed by atoms with Gasteiger partial charge in [-0.15, -0.1) is 11.3 Å². The number of urea groups is 1. The van der Waals surface area contributed by atoms with Gasteiger partial charge in [0.15, 0.2) is 5.13 Å². The fraction of sp³-hybridized carbons (Fsp3) is 0.286. The summed E-state index contributed by atoms with van der Waals surface area (Å²) in [7, 11) is 3.08. The van der Waals surface area contributed by atoms with Gasteiger partial charge in [-0.1, -0.05) is 0 Å². The van der Waals surface area contributed by atoms with E-state index < -0.39 is 6.03 Å². The number of nitrogens with one attached hydrogen (secondary N) is 2. The first kappa shape index (κ1) is 16.1. The number of anilines is 2. The van der Waals surface area contributed by atoms with Crippen LogP contribution in [0.25, 0.3) is 0 Å². The van der Waals surface area contributed by atoms with Crippen LogP contribution in [0.3, 0.4) is 0 Å². The number of thiazole rings is 1. The summed E-state index contributed by atoms with van der Waals surface area (Å²) in [6.45, 7) is 1.83. The lowest BCUT2D eigenvalue weighted by Gasteiger charge is -2.11. The Bertz CT molecular complexity index is 657. The van der Waals surface area contributed by atoms with Crippen molar-refractivity contribution < 1.29 is 14.3 Å². The number of aromatic nitrogens is 1. The van der Waals surface area contributed by atoms with Crippen LogP contribution in [0, 0.1) is 0 Å². The summed E-state index contributed by atoms with van der Waals surface area (Å²) in [5.41, 5.74) is 6.98. The van der Waals surface area contributed by atoms with Gasteiger partial charge in [-0.05, 0) is 19.1 Å². The first-order valence-corrected chi connectivity index (χ1v) is 7.42. The fourth-order valence-electron chi connectivity index (χ4n) is 1.72. The lowest BCUT2D eigenvalue weighted by atomic mass is 10.2. The highest BCUT2D eigenvalue weighted by Gasteiger charge is 2.12. The lowest BCUT2D eigenvalue weighted by Crippen LogP contribution is -2.20. The summed E-state index contributed by atoms with van der Waals surface area (Å²) >= 11 is 1.32. The fourth-order valence-corrected chi connectivity index (χ4v) is 2.52. The van der Waals surface area contributed by atoms with Crippen molar-refractivity contribution in [3.8, 4) is 11.5 Å². The third-order valence-corrected chi connectivity index (χ3v) is 3.64. The van der Waals surface area contributed by atoms with Crippen LogP contribution in [-0.2, 0) is 0 Å². The van der Waals surface area contributed by atoms with Gasteiger partial charge in [0.25, 0.3) is 0 Å². The van der Waals surface area contributed by atoms with Crippen LogP contribution in [0.5, 0.6) is 11.5 Å². The predicted octanol–water partition coefficient (Wildman–Crippen LogP) is 2.82. The van der Waals surface area contributed by atoms with Crippen LogP contribution in [0.15, 0.2) is 23.6 Å². The van der Waals surface area contributed by atoms with Crippen LogP contribution < -0.4 is 25.8 Å². The number of amides is 2. The number of benzene rings is 1. The van der Waals surface area contributed by atoms with E-state index in [-0.39, 0.29) is 6.04 Å². The van der Waals surface area contributed by atoms with E-state index in [2.05, 4.69) is 15.6 Å². The number of rotatable bonds is 5. The Balaban J connectivity index is 2.07. The highest BCUT2D eigenvalue weighted by atomic mass is 32.1. The minimum atomic E-state index is -0.419. The zero-order chi connectivity index (χ0) is 16.1. The van der Waals surface area contributed by atoms with Crippen molar-refractivity contribution in [3.05, 3.63) is 29.3 Å². The molecule has 0 saturated heterocycles. The molecule has 8 heteroatoms. The van der Waals surface area contributed by atoms with Gasteiger partial charge in [0, 0.05) is 17.5 Å². The number of hydrogen-bond acceptors (Lipinski definition) is 6. The Morgan fingerprint density at radius 3 is 2.68 bits per heavy atom. The molecule has 0 bridgehead atoms. The van der Waals surface area contributed by atoms with Gasteiger partial charge in [0.1, 0.15) is 11.5 Å². The Labute approximate surface area is 132 Å². The van der Waals surface area contributed by atoms with E-state index in [0.29, 0.717) is 22.3 Å². The van der Waals surface area contributed by atoms with Crippen molar-refractivity contribution >= 4 is 28.2 Å². The van der Waals surface area contributed by atoms with Crippen molar-refractivity contribution in [1.82, 2.24) is 4.98 Å². The molecule has 2 aromatic rings. The maximum atomic E-state index is 12.0. The van der Waals surface area contributed by atoms with E-state index in [9.17, 15) is 4.79 Å². The van der Waals surface area contributed by atoms with Crippen LogP contribution in [-0.4, -0.2) is 25.2 Å². The first-order chi connectivity index (χ1) is 10.5. The van der Waals surface area contributed by atoms with Crippen molar-refractivity contribution in [3.63, 3.8) is 0 Å². The van der Waals surface area contributed by atoms with Gasteiger partial charge < -0.3 is 20.5 Å². The number of nitrogens with two attached hydrogens (primary N) is 1. The second-order valence-corrected chi connectivity index (χ2v) is 5.37. The number of hydrogen-bond donors (Lipinski definition) is 3. The smallest absolute Gasteiger partial charge is 0.325 e. The third kappa shape index (κ3) is 3.86. The van der Waals surface area contributed by atoms with Crippen LogP contribution in [0.2, 0.25) is 0 Å². The molecule has 7 nitrogen and oxygen atoms in total. The monoisotopic (exact) mass is 322 g/mol. The molecule has 0 radical (unpaired) electrons. The Morgan fingerprint density at radius 1 is 1.32 bits per heavy atom. The van der Waals surface area contributed by atoms with Gasteiger partial charge in [-0.3, -0.25) is 5.32 Å². The molecule has 1 heterocycles. The van der Waals surface area contributed by atoms with Gasteiger partial charge in [-0.25, -0.2) is 9.78 Å². The molecule has 4 N–H and O–H groups in total. The standard InChI is InChI=1S/C14H18N4O3S/c1-8(15)11-7-22-14(17-11)18-13(19)16-10-6-9(20-2)4-5-12(10)21-3/h4-8H,15H2,1-3H3,(H2,16,17,18,19). The predicted molar refractivity (Wildman–Crippen MR) is 86.9 cm³/mol. The maximum absolute atomic E-state index is 12.0. The molecule has 2 amide bonds. The highest BCUT2D eigenvalue weighted by Crippen LogP contribution is 2.29. The summed E-state index contributed by atoms with van der Waals surface area (Å²) < 4.78 is 10.3. The number of carbonyl (C=O) groups is 1. The van der Waals surface area contributed by atoms with Crippen molar-refractivity contribution in [2.45, 2.75) is 13.0 Å². The average molecular weight is 322 g/mol. The second-order valence-electron chi connectivity index (χ2n) is 4.51. The number of ether oxygens (including phenoxy) is 2. The van der Waals surface area contributed by atoms with E-state index in [1.54, 1.807) is 25.3 Å². The van der Waals surface area contributed by atoms with E-state index in [1.807, 2.05) is 12.3 Å². The molecule has 1 aromatic heterocycles.